The van der Waals surface area contributed by atoms with Gasteiger partial charge < -0.3 is 10.1 Å². The number of aryl methyl sites for hydroxylation is 1. The van der Waals surface area contributed by atoms with Crippen LogP contribution < -0.4 is 10.1 Å². The molecule has 0 saturated heterocycles. The summed E-state index contributed by atoms with van der Waals surface area (Å²) in [6.07, 6.45) is 1.84. The number of methoxy groups -OCH3 is 1. The molecule has 21 heavy (non-hydrogen) atoms. The van der Waals surface area contributed by atoms with Gasteiger partial charge in [-0.1, -0.05) is 30.8 Å². The van der Waals surface area contributed by atoms with Crippen LogP contribution in [0.1, 0.15) is 42.4 Å². The second kappa shape index (κ2) is 7.47. The fourth-order valence-corrected chi connectivity index (χ4v) is 3.05. The molecule has 2 rings (SSSR count). The van der Waals surface area contributed by atoms with Gasteiger partial charge in [-0.05, 0) is 30.6 Å². The van der Waals surface area contributed by atoms with Gasteiger partial charge in [0.05, 0.1) is 23.7 Å². The van der Waals surface area contributed by atoms with Crippen LogP contribution >= 0.6 is 11.5 Å². The Morgan fingerprint density at radius 2 is 2.19 bits per heavy atom. The van der Waals surface area contributed by atoms with Crippen LogP contribution in [0.15, 0.2) is 18.2 Å². The van der Waals surface area contributed by atoms with Crippen LogP contribution in [0.2, 0.25) is 0 Å². The molecule has 0 fully saturated rings. The molecule has 0 amide bonds. The van der Waals surface area contributed by atoms with Crippen LogP contribution in [-0.4, -0.2) is 23.2 Å². The van der Waals surface area contributed by atoms with Crippen molar-refractivity contribution in [1.29, 1.82) is 0 Å². The summed E-state index contributed by atoms with van der Waals surface area (Å²) >= 11 is 1.33. The minimum Gasteiger partial charge on any atom is -0.497 e. The fourth-order valence-electron chi connectivity index (χ4n) is 2.26. The number of benzene rings is 1. The Hall–Kier alpha value is -1.53. The molecule has 0 radical (unpaired) electrons. The molecule has 1 aromatic carbocycles. The number of rotatable bonds is 7. The maximum Gasteiger partial charge on any atom is 0.132 e. The summed E-state index contributed by atoms with van der Waals surface area (Å²) in [5, 5.41) is 7.51. The second-order valence-corrected chi connectivity index (χ2v) is 5.50. The molecule has 0 bridgehead atoms. The van der Waals surface area contributed by atoms with Gasteiger partial charge in [-0.2, -0.15) is 0 Å². The van der Waals surface area contributed by atoms with Gasteiger partial charge in [-0.15, -0.1) is 5.10 Å². The molecule has 0 saturated carbocycles. The molecule has 1 atom stereocenters. The highest BCUT2D eigenvalue weighted by Gasteiger charge is 2.23. The van der Waals surface area contributed by atoms with Gasteiger partial charge in [0.2, 0.25) is 0 Å². The molecular weight excluding hydrogens is 289 g/mol. The summed E-state index contributed by atoms with van der Waals surface area (Å²) in [4.78, 5) is 0.989. The number of hydrogen-bond acceptors (Lipinski definition) is 5. The third-order valence-electron chi connectivity index (χ3n) is 3.26. The topological polar surface area (TPSA) is 47.0 Å². The zero-order valence-electron chi connectivity index (χ0n) is 12.5. The summed E-state index contributed by atoms with van der Waals surface area (Å²) < 4.78 is 23.5. The van der Waals surface area contributed by atoms with E-state index in [9.17, 15) is 4.39 Å². The number of hydrogen-bond donors (Lipinski definition) is 1. The zero-order chi connectivity index (χ0) is 15.2. The average molecular weight is 309 g/mol. The van der Waals surface area contributed by atoms with Crippen molar-refractivity contribution in [3.05, 3.63) is 40.2 Å². The molecule has 2 aromatic rings. The van der Waals surface area contributed by atoms with Gasteiger partial charge in [-0.3, -0.25) is 0 Å². The summed E-state index contributed by atoms with van der Waals surface area (Å²) in [5.41, 5.74) is 1.55. The second-order valence-electron chi connectivity index (χ2n) is 4.71. The van der Waals surface area contributed by atoms with Crippen LogP contribution in [0.3, 0.4) is 0 Å². The van der Waals surface area contributed by atoms with E-state index in [0.717, 1.165) is 30.0 Å². The Kier molecular flexibility index (Phi) is 5.64. The van der Waals surface area contributed by atoms with Crippen molar-refractivity contribution >= 4 is 11.5 Å². The van der Waals surface area contributed by atoms with Gasteiger partial charge in [0.15, 0.2) is 0 Å². The van der Waals surface area contributed by atoms with Crippen LogP contribution in [0, 0.1) is 5.82 Å². The Bertz CT molecular complexity index is 588. The third kappa shape index (κ3) is 3.57. The van der Waals surface area contributed by atoms with Crippen molar-refractivity contribution in [2.75, 3.05) is 13.7 Å². The number of nitrogens with one attached hydrogen (secondary N) is 1. The largest absolute Gasteiger partial charge is 0.497 e. The number of nitrogens with zero attached hydrogens (tertiary/aromatic N) is 2. The lowest BCUT2D eigenvalue weighted by atomic mass is 10.0. The highest BCUT2D eigenvalue weighted by molar-refractivity contribution is 7.05. The lowest BCUT2D eigenvalue weighted by Gasteiger charge is -2.18. The zero-order valence-corrected chi connectivity index (χ0v) is 13.3. The van der Waals surface area contributed by atoms with E-state index in [-0.39, 0.29) is 11.9 Å². The molecule has 1 unspecified atom stereocenters. The Balaban J connectivity index is 2.40. The van der Waals surface area contributed by atoms with E-state index in [1.165, 1.54) is 24.7 Å². The average Bonchev–Trinajstić information content (AvgIpc) is 2.93. The first-order valence-electron chi connectivity index (χ1n) is 7.09. The van der Waals surface area contributed by atoms with Crippen LogP contribution in [0.4, 0.5) is 4.39 Å². The molecule has 1 aromatic heterocycles. The first-order valence-corrected chi connectivity index (χ1v) is 7.86. The van der Waals surface area contributed by atoms with Crippen LogP contribution in [0.5, 0.6) is 5.75 Å². The van der Waals surface area contributed by atoms with E-state index in [2.05, 4.69) is 21.8 Å². The van der Waals surface area contributed by atoms with E-state index in [1.807, 2.05) is 6.92 Å². The van der Waals surface area contributed by atoms with Gasteiger partial charge in [0.1, 0.15) is 11.6 Å². The van der Waals surface area contributed by atoms with Crippen LogP contribution in [0.25, 0.3) is 0 Å². The monoisotopic (exact) mass is 309 g/mol. The smallest absolute Gasteiger partial charge is 0.132 e. The maximum atomic E-state index is 14.4. The summed E-state index contributed by atoms with van der Waals surface area (Å²) in [5.74, 6) is 0.235. The van der Waals surface area contributed by atoms with Crippen LogP contribution in [-0.2, 0) is 6.42 Å². The molecule has 1 N–H and O–H groups in total. The highest BCUT2D eigenvalue weighted by Crippen LogP contribution is 2.31. The lowest BCUT2D eigenvalue weighted by Crippen LogP contribution is -2.23. The molecule has 4 nitrogen and oxygen atoms in total. The minimum atomic E-state index is -0.281. The van der Waals surface area contributed by atoms with Crippen molar-refractivity contribution in [3.63, 3.8) is 0 Å². The Morgan fingerprint density at radius 1 is 1.38 bits per heavy atom. The Labute approximate surface area is 128 Å². The predicted molar refractivity (Wildman–Crippen MR) is 82.4 cm³/mol. The van der Waals surface area contributed by atoms with E-state index in [4.69, 9.17) is 4.74 Å². The summed E-state index contributed by atoms with van der Waals surface area (Å²) in [6.45, 7) is 4.83. The van der Waals surface area contributed by atoms with E-state index >= 15 is 0 Å². The number of ether oxygens (including phenoxy) is 1. The molecular formula is C15H20FN3OS. The summed E-state index contributed by atoms with van der Waals surface area (Å²) in [7, 11) is 1.53. The molecule has 114 valence electrons. The first kappa shape index (κ1) is 15.9. The molecule has 0 aliphatic carbocycles. The molecule has 6 heteroatoms. The Morgan fingerprint density at radius 3 is 2.81 bits per heavy atom. The van der Waals surface area contributed by atoms with Crippen molar-refractivity contribution in [2.45, 2.75) is 32.7 Å². The van der Waals surface area contributed by atoms with E-state index in [1.54, 1.807) is 12.1 Å². The van der Waals surface area contributed by atoms with Crippen molar-refractivity contribution in [1.82, 2.24) is 14.9 Å². The summed E-state index contributed by atoms with van der Waals surface area (Å²) in [6, 6.07) is 4.73. The minimum absolute atomic E-state index is 0.220. The molecule has 0 aliphatic heterocycles. The lowest BCUT2D eigenvalue weighted by molar-refractivity contribution is 0.410. The van der Waals surface area contributed by atoms with Gasteiger partial charge in [0, 0.05) is 11.6 Å². The SMILES string of the molecule is CCCc1nnsc1C(NCC)c1ccc(OC)cc1F. The number of halogens is 1. The maximum absolute atomic E-state index is 14.4. The van der Waals surface area contributed by atoms with Gasteiger partial charge >= 0.3 is 0 Å². The third-order valence-corrected chi connectivity index (χ3v) is 4.09. The molecule has 0 spiro atoms. The van der Waals surface area contributed by atoms with E-state index in [0.29, 0.717) is 11.3 Å². The number of aromatic nitrogens is 2. The standard InChI is InChI=1S/C15H20FN3OS/c1-4-6-13-15(21-19-18-13)14(17-5-2)11-8-7-10(20-3)9-12(11)16/h7-9,14,17H,4-6H2,1-3H3. The quantitative estimate of drug-likeness (QED) is 0.852. The van der Waals surface area contributed by atoms with Gasteiger partial charge in [-0.25, -0.2) is 4.39 Å². The predicted octanol–water partition coefficient (Wildman–Crippen LogP) is 3.34. The highest BCUT2D eigenvalue weighted by atomic mass is 32.1. The first-order chi connectivity index (χ1) is 10.2. The normalized spacial score (nSPS) is 12.4. The van der Waals surface area contributed by atoms with Crippen molar-refractivity contribution < 1.29 is 9.13 Å². The van der Waals surface area contributed by atoms with Crippen molar-refractivity contribution in [3.8, 4) is 5.75 Å². The fraction of sp³-hybridized carbons (Fsp3) is 0.467. The van der Waals surface area contributed by atoms with Gasteiger partial charge in [0.25, 0.3) is 0 Å². The molecule has 0 aliphatic rings. The van der Waals surface area contributed by atoms with Crippen molar-refractivity contribution in [2.24, 2.45) is 0 Å². The molecule has 1 heterocycles. The van der Waals surface area contributed by atoms with E-state index < -0.39 is 0 Å².